The summed E-state index contributed by atoms with van der Waals surface area (Å²) in [5, 5.41) is 3.90. The molecule has 2 aromatic rings. The van der Waals surface area contributed by atoms with Crippen molar-refractivity contribution in [3.05, 3.63) is 34.5 Å². The average molecular weight is 208 g/mol. The average Bonchev–Trinajstić information content (AvgIpc) is 2.47. The fraction of sp³-hybridized carbons (Fsp3) is 0.111. The number of anilines is 1. The Hall–Kier alpha value is -2.11. The minimum Gasteiger partial charge on any atom is -0.381 e. The van der Waals surface area contributed by atoms with Gasteiger partial charge in [0.2, 0.25) is 5.56 Å². The molecule has 0 radical (unpaired) electrons. The second-order valence-electron chi connectivity index (χ2n) is 3.11. The lowest BCUT2D eigenvalue weighted by Crippen LogP contribution is -2.01. The van der Waals surface area contributed by atoms with Crippen LogP contribution < -0.4 is 11.3 Å². The molecule has 2 rings (SSSR count). The zero-order valence-corrected chi connectivity index (χ0v) is 7.99. The zero-order valence-electron chi connectivity index (χ0n) is 7.99. The number of hydrogen-bond donors (Lipinski definition) is 2. The maximum Gasteiger partial charge on any atom is 0.247 e. The Kier molecular flexibility index (Phi) is 2.03. The molecule has 0 amide bonds. The first-order chi connectivity index (χ1) is 7.09. The molecule has 0 aliphatic rings. The van der Waals surface area contributed by atoms with Crippen LogP contribution in [-0.4, -0.2) is 14.8 Å². The number of rotatable bonds is 1. The molecule has 5 nitrogen and oxygen atoms in total. The van der Waals surface area contributed by atoms with Gasteiger partial charge in [0.15, 0.2) is 11.6 Å². The van der Waals surface area contributed by atoms with Gasteiger partial charge < -0.3 is 10.7 Å². The summed E-state index contributed by atoms with van der Waals surface area (Å²) >= 11 is 0. The van der Waals surface area contributed by atoms with Crippen LogP contribution in [0.5, 0.6) is 0 Å². The third-order valence-corrected chi connectivity index (χ3v) is 2.09. The van der Waals surface area contributed by atoms with Crippen LogP contribution >= 0.6 is 0 Å². The van der Waals surface area contributed by atoms with E-state index in [4.69, 9.17) is 5.73 Å². The van der Waals surface area contributed by atoms with Gasteiger partial charge in [0, 0.05) is 24.9 Å². The highest BCUT2D eigenvalue weighted by atomic mass is 19.1. The van der Waals surface area contributed by atoms with Crippen LogP contribution in [0, 0.1) is 5.82 Å². The second-order valence-corrected chi connectivity index (χ2v) is 3.11. The molecule has 0 aromatic carbocycles. The van der Waals surface area contributed by atoms with Crippen molar-refractivity contribution in [2.45, 2.75) is 0 Å². The van der Waals surface area contributed by atoms with E-state index in [0.717, 1.165) is 0 Å². The van der Waals surface area contributed by atoms with Crippen LogP contribution in [0.25, 0.3) is 11.3 Å². The monoisotopic (exact) mass is 208 g/mol. The Labute approximate surface area is 84.3 Å². The molecular formula is C9H9FN4O. The van der Waals surface area contributed by atoms with Crippen molar-refractivity contribution in [1.29, 1.82) is 0 Å². The summed E-state index contributed by atoms with van der Waals surface area (Å²) in [6, 6.07) is 2.79. The van der Waals surface area contributed by atoms with Crippen molar-refractivity contribution in [1.82, 2.24) is 14.8 Å². The number of hydrogen-bond acceptors (Lipinski definition) is 3. The van der Waals surface area contributed by atoms with Gasteiger partial charge in [-0.05, 0) is 6.07 Å². The second kappa shape index (κ2) is 3.23. The summed E-state index contributed by atoms with van der Waals surface area (Å²) in [7, 11) is 1.55. The fourth-order valence-electron chi connectivity index (χ4n) is 1.25. The molecule has 78 valence electrons. The molecular weight excluding hydrogens is 199 g/mol. The molecule has 0 bridgehead atoms. The molecule has 0 fully saturated rings. The van der Waals surface area contributed by atoms with Gasteiger partial charge in [-0.1, -0.05) is 0 Å². The van der Waals surface area contributed by atoms with Crippen LogP contribution in [0.15, 0.2) is 23.1 Å². The van der Waals surface area contributed by atoms with Gasteiger partial charge in [0.05, 0.1) is 0 Å². The Morgan fingerprint density at radius 1 is 1.53 bits per heavy atom. The summed E-state index contributed by atoms with van der Waals surface area (Å²) < 4.78 is 14.8. The van der Waals surface area contributed by atoms with Crippen molar-refractivity contribution in [3.8, 4) is 11.3 Å². The molecule has 0 atom stereocenters. The molecule has 0 unspecified atom stereocenters. The maximum atomic E-state index is 13.5. The summed E-state index contributed by atoms with van der Waals surface area (Å²) in [5.74, 6) is -0.610. The summed E-state index contributed by atoms with van der Waals surface area (Å²) in [6.45, 7) is 0. The van der Waals surface area contributed by atoms with Crippen molar-refractivity contribution in [2.75, 3.05) is 5.73 Å². The van der Waals surface area contributed by atoms with E-state index in [9.17, 15) is 9.18 Å². The Balaban J connectivity index is 2.59. The molecule has 6 heteroatoms. The van der Waals surface area contributed by atoms with Crippen LogP contribution in [0.4, 0.5) is 10.2 Å². The lowest BCUT2D eigenvalue weighted by Gasteiger charge is -1.94. The van der Waals surface area contributed by atoms with E-state index in [1.807, 2.05) is 0 Å². The Bertz CT molecular complexity index is 537. The van der Waals surface area contributed by atoms with Gasteiger partial charge in [-0.2, -0.15) is 5.10 Å². The molecule has 3 N–H and O–H groups in total. The van der Waals surface area contributed by atoms with E-state index in [2.05, 4.69) is 10.1 Å². The lowest BCUT2D eigenvalue weighted by atomic mass is 10.2. The van der Waals surface area contributed by atoms with E-state index in [0.29, 0.717) is 5.56 Å². The molecule has 0 saturated carbocycles. The maximum absolute atomic E-state index is 13.5. The zero-order chi connectivity index (χ0) is 11.0. The molecule has 2 aromatic heterocycles. The lowest BCUT2D eigenvalue weighted by molar-refractivity contribution is 0.633. The molecule has 2 heterocycles. The Morgan fingerprint density at radius 3 is 2.73 bits per heavy atom. The van der Waals surface area contributed by atoms with Gasteiger partial charge in [-0.25, -0.2) is 9.07 Å². The normalized spacial score (nSPS) is 10.5. The predicted octanol–water partition coefficient (Wildman–Crippen LogP) is 0.497. The SMILES string of the molecule is Cn1nc(-c2ccc(=O)[nH]c2)c(F)c1N. The van der Waals surface area contributed by atoms with Gasteiger partial charge in [-0.3, -0.25) is 4.79 Å². The third kappa shape index (κ3) is 1.50. The highest BCUT2D eigenvalue weighted by molar-refractivity contribution is 5.62. The van der Waals surface area contributed by atoms with Crippen molar-refractivity contribution in [2.24, 2.45) is 7.05 Å². The number of aryl methyl sites for hydroxylation is 1. The number of aromatic amines is 1. The number of nitrogen functional groups attached to an aromatic ring is 1. The van der Waals surface area contributed by atoms with Crippen molar-refractivity contribution in [3.63, 3.8) is 0 Å². The first-order valence-electron chi connectivity index (χ1n) is 4.26. The predicted molar refractivity (Wildman–Crippen MR) is 53.6 cm³/mol. The highest BCUT2D eigenvalue weighted by Crippen LogP contribution is 2.23. The molecule has 0 aliphatic heterocycles. The first-order valence-corrected chi connectivity index (χ1v) is 4.26. The van der Waals surface area contributed by atoms with Crippen LogP contribution in [0.2, 0.25) is 0 Å². The van der Waals surface area contributed by atoms with E-state index >= 15 is 0 Å². The largest absolute Gasteiger partial charge is 0.381 e. The quantitative estimate of drug-likeness (QED) is 0.716. The van der Waals surface area contributed by atoms with E-state index in [-0.39, 0.29) is 17.1 Å². The number of nitrogens with two attached hydrogens (primary N) is 1. The number of H-pyrrole nitrogens is 1. The summed E-state index contributed by atoms with van der Waals surface area (Å²) in [5.41, 5.74) is 5.79. The smallest absolute Gasteiger partial charge is 0.247 e. The molecule has 15 heavy (non-hydrogen) atoms. The Morgan fingerprint density at radius 2 is 2.27 bits per heavy atom. The first kappa shape index (κ1) is 9.45. The topological polar surface area (TPSA) is 76.7 Å². The van der Waals surface area contributed by atoms with Gasteiger partial charge in [0.1, 0.15) is 5.69 Å². The standard InChI is InChI=1S/C9H9FN4O/c1-14-9(11)7(10)8(13-14)5-2-3-6(15)12-4-5/h2-4H,11H2,1H3,(H,12,15). The number of aromatic nitrogens is 3. The summed E-state index contributed by atoms with van der Waals surface area (Å²) in [6.07, 6.45) is 1.40. The van der Waals surface area contributed by atoms with Gasteiger partial charge in [-0.15, -0.1) is 0 Å². The van der Waals surface area contributed by atoms with Crippen LogP contribution in [0.3, 0.4) is 0 Å². The van der Waals surface area contributed by atoms with Crippen LogP contribution in [-0.2, 0) is 7.05 Å². The van der Waals surface area contributed by atoms with E-state index in [1.165, 1.54) is 23.0 Å². The van der Waals surface area contributed by atoms with E-state index in [1.54, 1.807) is 7.05 Å². The number of nitrogens with zero attached hydrogens (tertiary/aromatic N) is 2. The summed E-state index contributed by atoms with van der Waals surface area (Å²) in [4.78, 5) is 13.3. The van der Waals surface area contributed by atoms with Crippen molar-refractivity contribution >= 4 is 5.82 Å². The molecule has 0 spiro atoms. The number of pyridine rings is 1. The third-order valence-electron chi connectivity index (χ3n) is 2.09. The molecule has 0 aliphatic carbocycles. The molecule has 0 saturated heterocycles. The van der Waals surface area contributed by atoms with Gasteiger partial charge in [0.25, 0.3) is 0 Å². The van der Waals surface area contributed by atoms with Gasteiger partial charge >= 0.3 is 0 Å². The number of halogens is 1. The van der Waals surface area contributed by atoms with Crippen molar-refractivity contribution < 1.29 is 4.39 Å². The van der Waals surface area contributed by atoms with Crippen LogP contribution in [0.1, 0.15) is 0 Å². The minimum absolute atomic E-state index is 0.0313. The van der Waals surface area contributed by atoms with E-state index < -0.39 is 5.82 Å². The minimum atomic E-state index is -0.579. The fourth-order valence-corrected chi connectivity index (χ4v) is 1.25. The number of nitrogens with one attached hydrogen (secondary N) is 1. The highest BCUT2D eigenvalue weighted by Gasteiger charge is 2.14.